The molecule has 0 fully saturated rings. The molecule has 1 aromatic carbocycles. The van der Waals surface area contributed by atoms with Crippen molar-refractivity contribution in [1.82, 2.24) is 0 Å². The number of hydrogen-bond donors (Lipinski definition) is 0. The molecule has 12 heavy (non-hydrogen) atoms. The minimum atomic E-state index is 0.0466. The predicted octanol–water partition coefficient (Wildman–Crippen LogP) is 3.91. The summed E-state index contributed by atoms with van der Waals surface area (Å²) < 4.78 is 1.65. The number of carbonyl (C=O) groups is 1. The van der Waals surface area contributed by atoms with E-state index in [1.54, 1.807) is 12.1 Å². The largest absolute Gasteiger partial charge is 0.295 e. The first kappa shape index (κ1) is 10.5. The molecule has 0 saturated carbocycles. The van der Waals surface area contributed by atoms with Crippen molar-refractivity contribution in [2.45, 2.75) is 6.92 Å². The van der Waals surface area contributed by atoms with Gasteiger partial charge >= 0.3 is 0 Å². The summed E-state index contributed by atoms with van der Waals surface area (Å²) in [6.07, 6.45) is 0. The molecule has 0 atom stereocenters. The number of benzene rings is 1. The van der Waals surface area contributed by atoms with Crippen LogP contribution in [0.5, 0.6) is 0 Å². The molecular formula is C8H5BrClIO. The van der Waals surface area contributed by atoms with Crippen LogP contribution in [0.3, 0.4) is 0 Å². The van der Waals surface area contributed by atoms with E-state index in [1.165, 1.54) is 6.92 Å². The first-order valence-corrected chi connectivity index (χ1v) is 5.43. The fourth-order valence-corrected chi connectivity index (χ4v) is 2.32. The van der Waals surface area contributed by atoms with Crippen molar-refractivity contribution in [1.29, 1.82) is 0 Å². The van der Waals surface area contributed by atoms with Crippen LogP contribution < -0.4 is 0 Å². The molecule has 0 aliphatic carbocycles. The Morgan fingerprint density at radius 1 is 1.58 bits per heavy atom. The third-order valence-electron chi connectivity index (χ3n) is 1.39. The second-order valence-corrected chi connectivity index (χ2v) is 4.70. The summed E-state index contributed by atoms with van der Waals surface area (Å²) in [6, 6.07) is 3.50. The van der Waals surface area contributed by atoms with E-state index in [1.807, 2.05) is 0 Å². The van der Waals surface area contributed by atoms with E-state index in [0.29, 0.717) is 10.6 Å². The minimum absolute atomic E-state index is 0.0466. The fourth-order valence-electron chi connectivity index (χ4n) is 0.759. The quantitative estimate of drug-likeness (QED) is 0.422. The van der Waals surface area contributed by atoms with Gasteiger partial charge in [-0.25, -0.2) is 0 Å². The lowest BCUT2D eigenvalue weighted by Gasteiger charge is -2.01. The van der Waals surface area contributed by atoms with Gasteiger partial charge in [-0.15, -0.1) is 0 Å². The second kappa shape index (κ2) is 4.07. The zero-order chi connectivity index (χ0) is 9.30. The summed E-state index contributed by atoms with van der Waals surface area (Å²) in [4.78, 5) is 11.0. The Morgan fingerprint density at radius 2 is 2.17 bits per heavy atom. The van der Waals surface area contributed by atoms with Crippen molar-refractivity contribution in [3.63, 3.8) is 0 Å². The van der Waals surface area contributed by atoms with E-state index in [-0.39, 0.29) is 5.78 Å². The minimum Gasteiger partial charge on any atom is -0.295 e. The van der Waals surface area contributed by atoms with Gasteiger partial charge in [0.25, 0.3) is 0 Å². The van der Waals surface area contributed by atoms with Crippen molar-refractivity contribution in [3.05, 3.63) is 30.8 Å². The number of Topliss-reactive ketones (excluding diaryl/α,β-unsaturated/α-hetero) is 1. The number of halogens is 3. The summed E-state index contributed by atoms with van der Waals surface area (Å²) in [7, 11) is 0. The van der Waals surface area contributed by atoms with Gasteiger partial charge in [0.05, 0.1) is 5.02 Å². The highest BCUT2D eigenvalue weighted by Crippen LogP contribution is 2.29. The van der Waals surface area contributed by atoms with Gasteiger partial charge < -0.3 is 0 Å². The zero-order valence-corrected chi connectivity index (χ0v) is 10.7. The molecule has 0 saturated heterocycles. The first-order valence-electron chi connectivity index (χ1n) is 3.18. The van der Waals surface area contributed by atoms with Gasteiger partial charge in [-0.3, -0.25) is 4.79 Å². The number of ketones is 1. The van der Waals surface area contributed by atoms with Crippen LogP contribution in [0.2, 0.25) is 5.02 Å². The van der Waals surface area contributed by atoms with Crippen LogP contribution >= 0.6 is 50.1 Å². The van der Waals surface area contributed by atoms with Gasteiger partial charge in [0, 0.05) is 13.6 Å². The van der Waals surface area contributed by atoms with Crippen LogP contribution in [0.25, 0.3) is 0 Å². The third-order valence-corrected chi connectivity index (χ3v) is 3.82. The van der Waals surface area contributed by atoms with Crippen LogP contribution in [0.4, 0.5) is 0 Å². The average molecular weight is 359 g/mol. The van der Waals surface area contributed by atoms with Crippen molar-refractivity contribution < 1.29 is 4.79 Å². The molecule has 0 unspecified atom stereocenters. The van der Waals surface area contributed by atoms with E-state index in [9.17, 15) is 4.79 Å². The Morgan fingerprint density at radius 3 is 2.58 bits per heavy atom. The van der Waals surface area contributed by atoms with Crippen LogP contribution in [-0.4, -0.2) is 5.78 Å². The molecule has 1 nitrogen and oxygen atoms in total. The summed E-state index contributed by atoms with van der Waals surface area (Å²) in [6.45, 7) is 1.53. The van der Waals surface area contributed by atoms with Crippen molar-refractivity contribution in [3.8, 4) is 0 Å². The molecule has 0 radical (unpaired) electrons. The van der Waals surface area contributed by atoms with Crippen LogP contribution in [0.15, 0.2) is 16.6 Å². The van der Waals surface area contributed by atoms with Crippen molar-refractivity contribution in [2.75, 3.05) is 0 Å². The molecule has 4 heteroatoms. The molecular weight excluding hydrogens is 354 g/mol. The molecule has 0 N–H and O–H groups in total. The molecule has 1 rings (SSSR count). The summed E-state index contributed by atoms with van der Waals surface area (Å²) >= 11 is 11.3. The maximum absolute atomic E-state index is 11.0. The molecule has 64 valence electrons. The molecule has 0 aromatic heterocycles. The third kappa shape index (κ3) is 2.20. The predicted molar refractivity (Wildman–Crippen MR) is 61.9 cm³/mol. The van der Waals surface area contributed by atoms with Crippen molar-refractivity contribution in [2.24, 2.45) is 0 Å². The molecule has 0 spiro atoms. The average Bonchev–Trinajstić information content (AvgIpc) is 1.99. The van der Waals surface area contributed by atoms with Gasteiger partial charge in [0.2, 0.25) is 0 Å². The lowest BCUT2D eigenvalue weighted by atomic mass is 10.2. The molecule has 0 amide bonds. The van der Waals surface area contributed by atoms with E-state index < -0.39 is 0 Å². The Bertz CT molecular complexity index is 315. The monoisotopic (exact) mass is 358 g/mol. The lowest BCUT2D eigenvalue weighted by molar-refractivity contribution is 0.101. The van der Waals surface area contributed by atoms with E-state index in [4.69, 9.17) is 11.6 Å². The number of hydrogen-bond acceptors (Lipinski definition) is 1. The maximum Gasteiger partial charge on any atom is 0.159 e. The van der Waals surface area contributed by atoms with Gasteiger partial charge in [0.15, 0.2) is 5.78 Å². The number of rotatable bonds is 1. The first-order chi connectivity index (χ1) is 5.52. The fraction of sp³-hybridized carbons (Fsp3) is 0.125. The Hall–Kier alpha value is 0.390. The van der Waals surface area contributed by atoms with Gasteiger partial charge in [0.1, 0.15) is 0 Å². The Labute approximate surface area is 97.8 Å². The second-order valence-electron chi connectivity index (χ2n) is 2.31. The lowest BCUT2D eigenvalue weighted by Crippen LogP contribution is -1.93. The molecule has 1 aromatic rings. The highest BCUT2D eigenvalue weighted by atomic mass is 127. The van der Waals surface area contributed by atoms with Crippen LogP contribution in [-0.2, 0) is 0 Å². The van der Waals surface area contributed by atoms with E-state index in [0.717, 1.165) is 8.04 Å². The SMILES string of the molecule is CC(=O)c1cc(Br)c(Cl)c(I)c1. The molecule has 0 aliphatic rings. The van der Waals surface area contributed by atoms with Crippen molar-refractivity contribution >= 4 is 55.9 Å². The summed E-state index contributed by atoms with van der Waals surface area (Å²) in [5.41, 5.74) is 0.677. The molecule has 0 heterocycles. The highest BCUT2D eigenvalue weighted by molar-refractivity contribution is 14.1. The zero-order valence-electron chi connectivity index (χ0n) is 6.20. The smallest absolute Gasteiger partial charge is 0.159 e. The molecule has 0 aliphatic heterocycles. The van der Waals surface area contributed by atoms with E-state index >= 15 is 0 Å². The summed E-state index contributed by atoms with van der Waals surface area (Å²) in [5.74, 6) is 0.0466. The highest BCUT2D eigenvalue weighted by Gasteiger charge is 2.07. The van der Waals surface area contributed by atoms with Crippen LogP contribution in [0.1, 0.15) is 17.3 Å². The Kier molecular flexibility index (Phi) is 3.55. The normalized spacial score (nSPS) is 10.0. The van der Waals surface area contributed by atoms with E-state index in [2.05, 4.69) is 38.5 Å². The summed E-state index contributed by atoms with van der Waals surface area (Å²) in [5, 5.41) is 0.653. The van der Waals surface area contributed by atoms with Crippen LogP contribution in [0, 0.1) is 3.57 Å². The maximum atomic E-state index is 11.0. The Balaban J connectivity index is 3.31. The molecule has 0 bridgehead atoms. The van der Waals surface area contributed by atoms with Gasteiger partial charge in [-0.1, -0.05) is 11.6 Å². The number of carbonyl (C=O) groups excluding carboxylic acids is 1. The topological polar surface area (TPSA) is 17.1 Å². The standard InChI is InChI=1S/C8H5BrClIO/c1-4(12)5-2-6(9)8(10)7(11)3-5/h2-3H,1H3. The van der Waals surface area contributed by atoms with Gasteiger partial charge in [-0.05, 0) is 57.6 Å². The van der Waals surface area contributed by atoms with Gasteiger partial charge in [-0.2, -0.15) is 0 Å².